The third kappa shape index (κ3) is 20.4. The molecular formula is C80H72BrClF2N4O12. The molecule has 100 heavy (non-hydrogen) atoms. The first-order chi connectivity index (χ1) is 48.2. The van der Waals surface area contributed by atoms with Crippen LogP contribution in [0.3, 0.4) is 0 Å². The molecule has 4 aliphatic rings. The number of halogens is 4. The number of hydrogen-bond donors (Lipinski definition) is 4. The van der Waals surface area contributed by atoms with Crippen molar-refractivity contribution in [2.75, 3.05) is 0 Å². The molecular weight excluding hydrogens is 1360 g/mol. The Labute approximate surface area is 591 Å². The smallest absolute Gasteiger partial charge is 0.336 e. The molecule has 0 aliphatic carbocycles. The number of nitrogens with one attached hydrogen (secondary N) is 4. The second-order valence-corrected chi connectivity index (χ2v) is 25.2. The predicted octanol–water partition coefficient (Wildman–Crippen LogP) is 14.9. The summed E-state index contributed by atoms with van der Waals surface area (Å²) in [6.45, 7) is 7.43. The quantitative estimate of drug-likeness (QED) is 0.0524. The number of esters is 4. The minimum atomic E-state index is -0.718. The summed E-state index contributed by atoms with van der Waals surface area (Å²) in [5, 5.41) is 11.1. The Morgan fingerprint density at radius 3 is 0.960 bits per heavy atom. The molecule has 0 bridgehead atoms. The van der Waals surface area contributed by atoms with E-state index in [-0.39, 0.29) is 116 Å². The van der Waals surface area contributed by atoms with Crippen LogP contribution in [-0.2, 0) is 83.7 Å². The van der Waals surface area contributed by atoms with Gasteiger partial charge in [0.25, 0.3) is 0 Å². The van der Waals surface area contributed by atoms with Gasteiger partial charge in [-0.3, -0.25) is 19.2 Å². The van der Waals surface area contributed by atoms with Crippen LogP contribution in [0, 0.1) is 11.6 Å². The van der Waals surface area contributed by atoms with Gasteiger partial charge in [0, 0.05) is 81.6 Å². The van der Waals surface area contributed by atoms with Crippen LogP contribution in [0.5, 0.6) is 0 Å². The summed E-state index contributed by atoms with van der Waals surface area (Å²) >= 11 is 9.21. The Morgan fingerprint density at radius 1 is 0.380 bits per heavy atom. The molecule has 0 radical (unpaired) electrons. The molecule has 4 N–H and O–H groups in total. The van der Waals surface area contributed by atoms with E-state index in [1.807, 2.05) is 176 Å². The number of carbonyl (C=O) groups excluding carboxylic acids is 8. The van der Waals surface area contributed by atoms with E-state index in [9.17, 15) is 47.1 Å². The van der Waals surface area contributed by atoms with Crippen molar-refractivity contribution in [3.63, 3.8) is 0 Å². The zero-order valence-electron chi connectivity index (χ0n) is 55.2. The van der Waals surface area contributed by atoms with Crippen LogP contribution >= 0.6 is 27.5 Å². The van der Waals surface area contributed by atoms with E-state index < -0.39 is 35.6 Å². The second kappa shape index (κ2) is 35.6. The molecule has 0 saturated carbocycles. The molecule has 16 nitrogen and oxygen atoms in total. The lowest BCUT2D eigenvalue weighted by Gasteiger charge is -2.27. The van der Waals surface area contributed by atoms with E-state index in [0.29, 0.717) is 45.1 Å². The largest absolute Gasteiger partial charge is 0.457 e. The SMILES string of the molecule is CC1=C(C(=O)OCc2ccccc2)C(c2ccc(Br)cc2)CC(=O)N1.CC1=C(C(=O)OCc2ccccc2)C(c2ccc(Cl)cc2F)CC(=O)N1.CC1=C(C(=O)OCc2ccccc2)C(c2ccc(F)cc2)CC(=O)N1.CC1=C(C(=O)OCc2ccccc2)C(c2ccccc2)CC(=O)N1. The van der Waals surface area contributed by atoms with Gasteiger partial charge in [0.2, 0.25) is 23.6 Å². The summed E-state index contributed by atoms with van der Waals surface area (Å²) in [6.07, 6.45) is 0.566. The van der Waals surface area contributed by atoms with Crippen molar-refractivity contribution in [2.45, 2.75) is 103 Å². The number of benzene rings is 8. The molecule has 12 rings (SSSR count). The highest BCUT2D eigenvalue weighted by Gasteiger charge is 2.37. The Morgan fingerprint density at radius 2 is 0.650 bits per heavy atom. The van der Waals surface area contributed by atoms with E-state index in [1.54, 1.807) is 39.8 Å². The zero-order chi connectivity index (χ0) is 71.2. The fraction of sp³-hybridized carbons (Fsp3) is 0.200. The van der Waals surface area contributed by atoms with Gasteiger partial charge in [-0.15, -0.1) is 0 Å². The number of ether oxygens (including phenoxy) is 4. The van der Waals surface area contributed by atoms with Crippen LogP contribution in [0.15, 0.2) is 268 Å². The molecule has 4 unspecified atom stereocenters. The highest BCUT2D eigenvalue weighted by atomic mass is 79.9. The zero-order valence-corrected chi connectivity index (χ0v) is 57.5. The van der Waals surface area contributed by atoms with Crippen molar-refractivity contribution < 1.29 is 66.1 Å². The average Bonchev–Trinajstić information content (AvgIpc) is 0.818. The first-order valence-corrected chi connectivity index (χ1v) is 33.2. The van der Waals surface area contributed by atoms with E-state index in [4.69, 9.17) is 30.5 Å². The molecule has 8 aromatic carbocycles. The molecule has 0 saturated heterocycles. The standard InChI is InChI=1S/C20H18BrNO3.C20H17ClFNO3.C20H18FNO3.C20H19NO3/c1-13-19(20(24)25-12-14-5-3-2-4-6-14)17(11-18(23)22-13)15-7-9-16(21)10-8-15;1-12-19(20(25)26-11-13-5-3-2-4-6-13)16(10-18(24)23-12)15-8-7-14(21)9-17(15)22;1-13-19(20(24)25-12-14-5-3-2-4-6-14)17(11-18(23)22-13)15-7-9-16(21)10-8-15;1-14-19(20(23)24-13-15-8-4-2-5-9-15)17(12-18(22)21-14)16-10-6-3-7-11-16/h2-10,17H,11-12H2,1H3,(H,22,23);2-9,16H,10-11H2,1H3,(H,23,24);2-10,17H,11-12H2,1H3,(H,22,23);2-11,17H,12-13H2,1H3,(H,21,22). The summed E-state index contributed by atoms with van der Waals surface area (Å²) in [5.74, 6) is -5.12. The normalized spacial score (nSPS) is 17.2. The summed E-state index contributed by atoms with van der Waals surface area (Å²) in [4.78, 5) is 98.4. The summed E-state index contributed by atoms with van der Waals surface area (Å²) < 4.78 is 50.3. The van der Waals surface area contributed by atoms with Gasteiger partial charge in [0.15, 0.2) is 0 Å². The summed E-state index contributed by atoms with van der Waals surface area (Å²) in [7, 11) is 0. The third-order valence-electron chi connectivity index (χ3n) is 16.7. The van der Waals surface area contributed by atoms with Crippen molar-refractivity contribution in [1.29, 1.82) is 0 Å². The highest BCUT2D eigenvalue weighted by molar-refractivity contribution is 9.10. The van der Waals surface area contributed by atoms with Crippen LogP contribution in [0.2, 0.25) is 5.02 Å². The molecule has 4 heterocycles. The van der Waals surface area contributed by atoms with Crippen molar-refractivity contribution in [3.8, 4) is 0 Å². The monoisotopic (exact) mass is 1430 g/mol. The topological polar surface area (TPSA) is 222 Å². The lowest BCUT2D eigenvalue weighted by molar-refractivity contribution is -0.142. The van der Waals surface area contributed by atoms with E-state index in [2.05, 4.69) is 37.2 Å². The van der Waals surface area contributed by atoms with Gasteiger partial charge < -0.3 is 40.2 Å². The molecule has 20 heteroatoms. The molecule has 4 aliphatic heterocycles. The molecule has 4 atom stereocenters. The Kier molecular flexibility index (Phi) is 26.1. The van der Waals surface area contributed by atoms with Crippen molar-refractivity contribution in [2.24, 2.45) is 0 Å². The number of allylic oxidation sites excluding steroid dienone is 4. The minimum absolute atomic E-state index is 0.0360. The lowest BCUT2D eigenvalue weighted by atomic mass is 9.84. The molecule has 0 spiro atoms. The van der Waals surface area contributed by atoms with Crippen LogP contribution in [0.25, 0.3) is 0 Å². The fourth-order valence-corrected chi connectivity index (χ4v) is 12.3. The number of carbonyl (C=O) groups is 8. The minimum Gasteiger partial charge on any atom is -0.457 e. The molecule has 0 aromatic heterocycles. The van der Waals surface area contributed by atoms with Gasteiger partial charge in [-0.25, -0.2) is 28.0 Å². The maximum atomic E-state index is 14.4. The third-order valence-corrected chi connectivity index (χ3v) is 17.5. The van der Waals surface area contributed by atoms with Gasteiger partial charge in [0.1, 0.15) is 38.1 Å². The van der Waals surface area contributed by atoms with Crippen LogP contribution in [-0.4, -0.2) is 47.5 Å². The Hall–Kier alpha value is -10.9. The Bertz CT molecular complexity index is 4260. The van der Waals surface area contributed by atoms with Crippen molar-refractivity contribution in [1.82, 2.24) is 21.3 Å². The maximum Gasteiger partial charge on any atom is 0.336 e. The van der Waals surface area contributed by atoms with Crippen LogP contribution in [0.4, 0.5) is 8.78 Å². The average molecular weight is 1430 g/mol. The van der Waals surface area contributed by atoms with E-state index in [1.165, 1.54) is 30.3 Å². The van der Waals surface area contributed by atoms with Gasteiger partial charge in [-0.2, -0.15) is 0 Å². The highest BCUT2D eigenvalue weighted by Crippen LogP contribution is 2.39. The van der Waals surface area contributed by atoms with E-state index in [0.717, 1.165) is 37.9 Å². The van der Waals surface area contributed by atoms with Crippen LogP contribution < -0.4 is 21.3 Å². The molecule has 4 amide bonds. The Balaban J connectivity index is 0.000000156. The lowest BCUT2D eigenvalue weighted by Crippen LogP contribution is -2.34. The number of rotatable bonds is 16. The first-order valence-electron chi connectivity index (χ1n) is 32.1. The van der Waals surface area contributed by atoms with Crippen molar-refractivity contribution >= 4 is 75.0 Å². The molecule has 0 fully saturated rings. The van der Waals surface area contributed by atoms with Gasteiger partial charge in [0.05, 0.1) is 22.3 Å². The first kappa shape index (κ1) is 73.4. The van der Waals surface area contributed by atoms with Crippen molar-refractivity contribution in [3.05, 3.63) is 329 Å². The number of amides is 4. The van der Waals surface area contributed by atoms with Crippen LogP contribution in [0.1, 0.15) is 122 Å². The number of hydrogen-bond acceptors (Lipinski definition) is 12. The van der Waals surface area contributed by atoms with Gasteiger partial charge >= 0.3 is 23.9 Å². The summed E-state index contributed by atoms with van der Waals surface area (Å²) in [5.41, 5.74) is 10.1. The maximum absolute atomic E-state index is 14.4. The molecule has 8 aromatic rings. The fourth-order valence-electron chi connectivity index (χ4n) is 11.9. The van der Waals surface area contributed by atoms with Gasteiger partial charge in [-0.1, -0.05) is 210 Å². The summed E-state index contributed by atoms with van der Waals surface area (Å²) in [6, 6.07) is 65.0. The van der Waals surface area contributed by atoms with E-state index >= 15 is 0 Å². The van der Waals surface area contributed by atoms with Gasteiger partial charge in [-0.05, 0) is 109 Å². The predicted molar refractivity (Wildman–Crippen MR) is 376 cm³/mol. The molecule has 512 valence electrons. The second-order valence-electron chi connectivity index (χ2n) is 23.8.